The number of rotatable bonds is 4. The maximum absolute atomic E-state index is 5.54. The molecule has 1 atom stereocenters. The second kappa shape index (κ2) is 4.66. The maximum atomic E-state index is 5.54. The smallest absolute Gasteiger partial charge is 0.0748 e. The van der Waals surface area contributed by atoms with Crippen LogP contribution in [-0.4, -0.2) is 29.0 Å². The summed E-state index contributed by atoms with van der Waals surface area (Å²) in [6, 6.07) is 0.420. The van der Waals surface area contributed by atoms with E-state index in [2.05, 4.69) is 24.3 Å². The highest BCUT2D eigenvalue weighted by Crippen LogP contribution is 2.14. The molecule has 1 aliphatic heterocycles. The fourth-order valence-electron chi connectivity index (χ4n) is 1.75. The molecule has 1 fully saturated rings. The molecule has 1 aromatic heterocycles. The van der Waals surface area contributed by atoms with Crippen molar-refractivity contribution in [2.75, 3.05) is 18.5 Å². The average Bonchev–Trinajstić information content (AvgIpc) is 2.86. The Morgan fingerprint density at radius 3 is 3.13 bits per heavy atom. The van der Waals surface area contributed by atoms with Gasteiger partial charge in [0.15, 0.2) is 0 Å². The molecule has 0 amide bonds. The van der Waals surface area contributed by atoms with Gasteiger partial charge in [-0.15, -0.1) is 0 Å². The van der Waals surface area contributed by atoms with Gasteiger partial charge in [-0.3, -0.25) is 4.68 Å². The molecule has 1 unspecified atom stereocenters. The van der Waals surface area contributed by atoms with Crippen molar-refractivity contribution in [3.05, 3.63) is 12.4 Å². The van der Waals surface area contributed by atoms with Crippen molar-refractivity contribution in [2.45, 2.75) is 38.8 Å². The predicted octanol–water partition coefficient (Wildman–Crippen LogP) is 2.05. The quantitative estimate of drug-likeness (QED) is 0.825. The molecule has 1 N–H and O–H groups in total. The summed E-state index contributed by atoms with van der Waals surface area (Å²) in [6.45, 7) is 6.05. The highest BCUT2D eigenvalue weighted by Gasteiger charge is 2.15. The molecule has 0 bridgehead atoms. The van der Waals surface area contributed by atoms with Gasteiger partial charge >= 0.3 is 0 Å². The van der Waals surface area contributed by atoms with Crippen molar-refractivity contribution in [1.82, 2.24) is 9.78 Å². The summed E-state index contributed by atoms with van der Waals surface area (Å²) in [6.07, 6.45) is 6.66. The van der Waals surface area contributed by atoms with Crippen molar-refractivity contribution in [3.8, 4) is 0 Å². The fourth-order valence-corrected chi connectivity index (χ4v) is 1.75. The minimum Gasteiger partial charge on any atom is -0.380 e. The molecule has 0 aliphatic carbocycles. The lowest BCUT2D eigenvalue weighted by Gasteiger charge is -2.10. The summed E-state index contributed by atoms with van der Waals surface area (Å²) >= 11 is 0. The third-order valence-electron chi connectivity index (χ3n) is 2.69. The van der Waals surface area contributed by atoms with E-state index in [0.717, 1.165) is 18.8 Å². The molecule has 2 heterocycles. The summed E-state index contributed by atoms with van der Waals surface area (Å²) in [7, 11) is 0. The van der Waals surface area contributed by atoms with E-state index in [1.165, 1.54) is 12.8 Å². The highest BCUT2D eigenvalue weighted by molar-refractivity contribution is 5.38. The van der Waals surface area contributed by atoms with Gasteiger partial charge < -0.3 is 10.1 Å². The van der Waals surface area contributed by atoms with Crippen molar-refractivity contribution >= 4 is 5.69 Å². The van der Waals surface area contributed by atoms with E-state index >= 15 is 0 Å². The van der Waals surface area contributed by atoms with Crippen LogP contribution in [0.2, 0.25) is 0 Å². The first-order valence-corrected chi connectivity index (χ1v) is 5.65. The van der Waals surface area contributed by atoms with Gasteiger partial charge in [0, 0.05) is 25.4 Å². The number of nitrogens with zero attached hydrogens (tertiary/aromatic N) is 2. The first-order valence-electron chi connectivity index (χ1n) is 5.65. The van der Waals surface area contributed by atoms with Crippen LogP contribution >= 0.6 is 0 Å². The molecule has 1 aliphatic rings. The zero-order chi connectivity index (χ0) is 10.7. The molecule has 2 rings (SSSR count). The van der Waals surface area contributed by atoms with Crippen LogP contribution in [0.1, 0.15) is 32.7 Å². The largest absolute Gasteiger partial charge is 0.380 e. The van der Waals surface area contributed by atoms with Gasteiger partial charge in [0.2, 0.25) is 0 Å². The van der Waals surface area contributed by atoms with Crippen LogP contribution in [0, 0.1) is 0 Å². The zero-order valence-electron chi connectivity index (χ0n) is 9.44. The fraction of sp³-hybridized carbons (Fsp3) is 0.727. The average molecular weight is 209 g/mol. The minimum absolute atomic E-state index is 0.382. The van der Waals surface area contributed by atoms with Crippen LogP contribution in [0.4, 0.5) is 5.69 Å². The second-order valence-corrected chi connectivity index (χ2v) is 4.32. The number of nitrogens with one attached hydrogen (secondary N) is 1. The summed E-state index contributed by atoms with van der Waals surface area (Å²) in [5.74, 6) is 0. The highest BCUT2D eigenvalue weighted by atomic mass is 16.5. The van der Waals surface area contributed by atoms with E-state index in [4.69, 9.17) is 4.74 Å². The summed E-state index contributed by atoms with van der Waals surface area (Å²) in [5.41, 5.74) is 1.08. The van der Waals surface area contributed by atoms with E-state index in [0.29, 0.717) is 12.1 Å². The van der Waals surface area contributed by atoms with Gasteiger partial charge in [0.25, 0.3) is 0 Å². The topological polar surface area (TPSA) is 39.1 Å². The molecule has 0 aromatic carbocycles. The Labute approximate surface area is 90.6 Å². The molecule has 0 radical (unpaired) electrons. The first kappa shape index (κ1) is 10.5. The molecular formula is C11H19N3O. The lowest BCUT2D eigenvalue weighted by molar-refractivity contribution is 0.120. The number of ether oxygens (including phenoxy) is 1. The normalized spacial score (nSPS) is 21.1. The van der Waals surface area contributed by atoms with Crippen LogP contribution in [-0.2, 0) is 4.74 Å². The SMILES string of the molecule is CC(C)n1cc(NCC2CCCO2)cn1. The Hall–Kier alpha value is -1.03. The Kier molecular flexibility index (Phi) is 3.26. The zero-order valence-corrected chi connectivity index (χ0v) is 9.44. The molecule has 1 aromatic rings. The Bertz CT molecular complexity index is 303. The third-order valence-corrected chi connectivity index (χ3v) is 2.69. The number of aromatic nitrogens is 2. The summed E-state index contributed by atoms with van der Waals surface area (Å²) in [4.78, 5) is 0. The minimum atomic E-state index is 0.382. The van der Waals surface area contributed by atoms with Crippen LogP contribution in [0.3, 0.4) is 0 Å². The van der Waals surface area contributed by atoms with E-state index in [1.54, 1.807) is 0 Å². The number of hydrogen-bond acceptors (Lipinski definition) is 3. The van der Waals surface area contributed by atoms with Crippen molar-refractivity contribution in [3.63, 3.8) is 0 Å². The van der Waals surface area contributed by atoms with Crippen molar-refractivity contribution in [1.29, 1.82) is 0 Å². The number of anilines is 1. The van der Waals surface area contributed by atoms with Gasteiger partial charge in [-0.2, -0.15) is 5.10 Å². The van der Waals surface area contributed by atoms with Crippen LogP contribution in [0.25, 0.3) is 0 Å². The molecule has 84 valence electrons. The van der Waals surface area contributed by atoms with Gasteiger partial charge in [-0.25, -0.2) is 0 Å². The number of hydrogen-bond donors (Lipinski definition) is 1. The van der Waals surface area contributed by atoms with E-state index in [9.17, 15) is 0 Å². The molecular weight excluding hydrogens is 190 g/mol. The molecule has 0 spiro atoms. The molecule has 4 heteroatoms. The predicted molar refractivity (Wildman–Crippen MR) is 60.1 cm³/mol. The molecule has 1 saturated heterocycles. The van der Waals surface area contributed by atoms with Crippen LogP contribution in [0.15, 0.2) is 12.4 Å². The van der Waals surface area contributed by atoms with Crippen molar-refractivity contribution < 1.29 is 4.74 Å². The van der Waals surface area contributed by atoms with Gasteiger partial charge in [-0.1, -0.05) is 0 Å². The summed E-state index contributed by atoms with van der Waals surface area (Å²) in [5, 5.41) is 7.63. The monoisotopic (exact) mass is 209 g/mol. The molecule has 4 nitrogen and oxygen atoms in total. The summed E-state index contributed by atoms with van der Waals surface area (Å²) < 4.78 is 7.50. The maximum Gasteiger partial charge on any atom is 0.0748 e. The van der Waals surface area contributed by atoms with Crippen LogP contribution in [0.5, 0.6) is 0 Å². The van der Waals surface area contributed by atoms with Crippen LogP contribution < -0.4 is 5.32 Å². The molecule has 0 saturated carbocycles. The standard InChI is InChI=1S/C11H19N3O/c1-9(2)14-8-10(6-13-14)12-7-11-4-3-5-15-11/h6,8-9,11-12H,3-5,7H2,1-2H3. The lowest BCUT2D eigenvalue weighted by atomic mass is 10.2. The van der Waals surface area contributed by atoms with E-state index in [1.807, 2.05) is 17.1 Å². The first-order chi connectivity index (χ1) is 7.25. The second-order valence-electron chi connectivity index (χ2n) is 4.32. The van der Waals surface area contributed by atoms with Gasteiger partial charge in [0.05, 0.1) is 18.0 Å². The van der Waals surface area contributed by atoms with Crippen molar-refractivity contribution in [2.24, 2.45) is 0 Å². The third kappa shape index (κ3) is 2.72. The molecule has 15 heavy (non-hydrogen) atoms. The van der Waals surface area contributed by atoms with E-state index < -0.39 is 0 Å². The van der Waals surface area contributed by atoms with Gasteiger partial charge in [-0.05, 0) is 26.7 Å². The Balaban J connectivity index is 1.82. The lowest BCUT2D eigenvalue weighted by Crippen LogP contribution is -2.18. The van der Waals surface area contributed by atoms with E-state index in [-0.39, 0.29) is 0 Å². The Morgan fingerprint density at radius 1 is 1.67 bits per heavy atom. The van der Waals surface area contributed by atoms with Gasteiger partial charge in [0.1, 0.15) is 0 Å². The Morgan fingerprint density at radius 2 is 2.53 bits per heavy atom.